The monoisotopic (exact) mass is 1610 g/mol. The number of para-hydroxylation sites is 2. The lowest BCUT2D eigenvalue weighted by atomic mass is 9.81. The standard InChI is InChI=1S/C75H103N5O17S2.CO2.2O3S/c1-74(2)61-30-15-17-32-64(61)79(48-20-22-50-98(91,92)93)66(74)44-38-55-26-24-27-56(39-45-67-75(3,4)62-31-16-18-33-65(62)80(67)49-21-23-51-99(94,95)96)70(55)97-60-41-36-54(37-42-60)52-57(71(86)87)53-59(82)29-13-9-7-11-19-46-76-68(83)34-14-10-6-5-8-12-28-58(81)40-43-63(72(88)89)78-73(90)77-47-25-35-69(84)85;2-1-3;2*1-4(2)3/h15-18,30-33,36-39,41-42,44-45,57,63H,5-14,19-29,34-35,40,43,46-53H2,1-4H3,(H7-,76,77,78,83,84,85,86,87,88,89,90,91,92,93,94,95,96);;;/t57-,63+;;;/m1.../s1. The number of anilines is 1. The summed E-state index contributed by atoms with van der Waals surface area (Å²) in [5, 5.41) is 36.2. The van der Waals surface area contributed by atoms with Crippen molar-refractivity contribution in [3.8, 4) is 5.75 Å². The number of carboxylic acids is 3. The highest BCUT2D eigenvalue weighted by molar-refractivity contribution is 7.85. The third-order valence-electron chi connectivity index (χ3n) is 18.7. The summed E-state index contributed by atoms with van der Waals surface area (Å²) in [4.78, 5) is 103. The number of rotatable bonds is 46. The summed E-state index contributed by atoms with van der Waals surface area (Å²) in [6.07, 6.45) is 22.4. The summed E-state index contributed by atoms with van der Waals surface area (Å²) in [6.45, 7) is 10.3. The van der Waals surface area contributed by atoms with Crippen LogP contribution in [0.3, 0.4) is 0 Å². The van der Waals surface area contributed by atoms with Crippen LogP contribution in [0.1, 0.15) is 211 Å². The fourth-order valence-corrected chi connectivity index (χ4v) is 14.4. The van der Waals surface area contributed by atoms with Gasteiger partial charge in [0.2, 0.25) is 11.6 Å². The molecule has 0 spiro atoms. The molecule has 0 unspecified atom stereocenters. The molecule has 1 aliphatic carbocycles. The minimum Gasteiger partial charge on any atom is -0.748 e. The van der Waals surface area contributed by atoms with Crippen molar-refractivity contribution in [3.63, 3.8) is 0 Å². The van der Waals surface area contributed by atoms with E-state index in [2.05, 4.69) is 102 Å². The number of nitrogens with zero attached hydrogens (tertiary/aromatic N) is 2. The Kier molecular flexibility index (Phi) is 42.5. The molecule has 3 aromatic carbocycles. The number of aliphatic carboxylic acids is 3. The zero-order valence-corrected chi connectivity index (χ0v) is 65.9. The fraction of sp³-hybridized carbons (Fsp3) is 0.539. The lowest BCUT2D eigenvalue weighted by molar-refractivity contribution is -0.438. The highest BCUT2D eigenvalue weighted by Gasteiger charge is 2.44. The van der Waals surface area contributed by atoms with Gasteiger partial charge in [-0.25, -0.2) is 18.0 Å². The topological polar surface area (TPSA) is 480 Å². The number of benzene rings is 3. The number of carboxylic acid groups (broad SMARTS) is 3. The van der Waals surface area contributed by atoms with Crippen LogP contribution in [0.5, 0.6) is 5.75 Å². The average molecular weight is 1610 g/mol. The summed E-state index contributed by atoms with van der Waals surface area (Å²) in [6, 6.07) is 21.6. The molecule has 2 aliphatic heterocycles. The summed E-state index contributed by atoms with van der Waals surface area (Å²) in [7, 11) is -14.7. The molecule has 3 aromatic rings. The van der Waals surface area contributed by atoms with Gasteiger partial charge in [0, 0.05) is 105 Å². The Bertz CT molecular complexity index is 4260. The van der Waals surface area contributed by atoms with Crippen LogP contribution in [0.4, 0.5) is 16.2 Å². The first kappa shape index (κ1) is 95.0. The van der Waals surface area contributed by atoms with Crippen LogP contribution in [0.15, 0.2) is 120 Å². The van der Waals surface area contributed by atoms with Crippen molar-refractivity contribution in [3.05, 3.63) is 136 Å². The number of carbonyl (C=O) groups is 7. The van der Waals surface area contributed by atoms with E-state index < -0.39 is 93.9 Å². The van der Waals surface area contributed by atoms with Crippen LogP contribution >= 0.6 is 0 Å². The first-order chi connectivity index (χ1) is 51.9. The zero-order valence-electron chi connectivity index (χ0n) is 62.6. The molecule has 0 saturated carbocycles. The van der Waals surface area contributed by atoms with E-state index in [1.807, 2.05) is 48.5 Å². The van der Waals surface area contributed by atoms with Crippen molar-refractivity contribution in [1.29, 1.82) is 0 Å². The van der Waals surface area contributed by atoms with Crippen LogP contribution in [-0.2, 0) is 97.1 Å². The Morgan fingerprint density at radius 1 is 0.627 bits per heavy atom. The smallest absolute Gasteiger partial charge is 0.425 e. The number of urea groups is 1. The molecule has 6 rings (SSSR count). The Morgan fingerprint density at radius 2 is 1.19 bits per heavy atom. The molecule has 34 heteroatoms. The number of amides is 3. The summed E-state index contributed by atoms with van der Waals surface area (Å²) in [5.74, 6) is -4.01. The normalized spacial score (nSPS) is 15.3. The van der Waals surface area contributed by atoms with Crippen molar-refractivity contribution in [1.82, 2.24) is 16.0 Å². The van der Waals surface area contributed by atoms with Gasteiger partial charge in [-0.1, -0.05) is 113 Å². The molecule has 30 nitrogen and oxygen atoms in total. The molecule has 2 atom stereocenters. The zero-order chi connectivity index (χ0) is 82.0. The number of ether oxygens (including phenoxy) is 1. The molecule has 7 N–H and O–H groups in total. The van der Waals surface area contributed by atoms with E-state index in [0.29, 0.717) is 82.5 Å². The molecule has 0 bridgehead atoms. The molecule has 3 aliphatic rings. The molecular weight excluding hydrogens is 1510 g/mol. The van der Waals surface area contributed by atoms with E-state index in [-0.39, 0.29) is 93.7 Å². The molecule has 0 radical (unpaired) electrons. The molecule has 0 aromatic heterocycles. The fourth-order valence-electron chi connectivity index (χ4n) is 13.2. The van der Waals surface area contributed by atoms with Crippen molar-refractivity contribution in [2.45, 2.75) is 218 Å². The van der Waals surface area contributed by atoms with E-state index >= 15 is 0 Å². The molecule has 3 amide bonds. The van der Waals surface area contributed by atoms with E-state index in [0.717, 1.165) is 115 Å². The maximum atomic E-state index is 13.2. The van der Waals surface area contributed by atoms with Crippen LogP contribution in [0.25, 0.3) is 0 Å². The second-order valence-electron chi connectivity index (χ2n) is 27.8. The summed E-state index contributed by atoms with van der Waals surface area (Å²) >= 11 is 0. The van der Waals surface area contributed by atoms with E-state index in [4.69, 9.17) is 44.7 Å². The SMILES string of the molecule is CC1(C)C(=CC=C2CCCC(C=CC3=[N+](CCCCS(=O)(=O)O)c4ccccc4C3(C)C)=C2Oc2ccc(C[C@H](CC(=O)CCCCCCCNC(=O)CCCCCCCCC(=O)CC[C@H](NC(=O)NCCCC(=O)O)C(=O)O)C(=O)O)cc2)N(CCCCS(=O)(=O)[O-])c2ccccc21.O=C=O.O=S(=O)=O.O=S(=O)=O. The molecule has 110 heavy (non-hydrogen) atoms. The maximum Gasteiger partial charge on any atom is 0.425 e. The van der Waals surface area contributed by atoms with E-state index in [1.165, 1.54) is 0 Å². The number of hydrogen-bond donors (Lipinski definition) is 7. The molecular formula is C76H103N5O25S4. The molecule has 0 saturated heterocycles. The Morgan fingerprint density at radius 3 is 1.79 bits per heavy atom. The third-order valence-corrected chi connectivity index (χ3v) is 20.3. The Balaban J connectivity index is 0.00000267. The third kappa shape index (κ3) is 36.6. The van der Waals surface area contributed by atoms with Crippen molar-refractivity contribution < 1.29 is 119 Å². The van der Waals surface area contributed by atoms with Gasteiger partial charge in [0.15, 0.2) is 5.71 Å². The number of ketones is 2. The van der Waals surface area contributed by atoms with E-state index in [9.17, 15) is 69.7 Å². The average Bonchev–Trinajstić information content (AvgIpc) is 1.61. The lowest BCUT2D eigenvalue weighted by Gasteiger charge is -2.28. The van der Waals surface area contributed by atoms with Gasteiger partial charge in [0.25, 0.3) is 10.1 Å². The molecule has 2 heterocycles. The number of unbranched alkanes of at least 4 members (excludes halogenated alkanes) is 11. The second kappa shape index (κ2) is 49.2. The van der Waals surface area contributed by atoms with Crippen molar-refractivity contribution in [2.75, 3.05) is 42.6 Å². The van der Waals surface area contributed by atoms with Gasteiger partial charge in [-0.3, -0.25) is 28.5 Å². The van der Waals surface area contributed by atoms with Crippen LogP contribution in [0.2, 0.25) is 0 Å². The van der Waals surface area contributed by atoms with Crippen LogP contribution < -0.4 is 25.6 Å². The summed E-state index contributed by atoms with van der Waals surface area (Å²) < 4.78 is 127. The molecule has 0 fully saturated rings. The first-order valence-corrected chi connectivity index (χ1v) is 41.8. The minimum atomic E-state index is -4.37. The predicted octanol–water partition coefficient (Wildman–Crippen LogP) is 9.89. The number of allylic oxidation sites excluding steroid dienone is 7. The Labute approximate surface area is 646 Å². The number of hydrogen-bond acceptors (Lipinski definition) is 22. The first-order valence-electron chi connectivity index (χ1n) is 36.6. The second-order valence-corrected chi connectivity index (χ2v) is 31.7. The predicted molar refractivity (Wildman–Crippen MR) is 404 cm³/mol. The largest absolute Gasteiger partial charge is 0.748 e. The quantitative estimate of drug-likeness (QED) is 0.0157. The van der Waals surface area contributed by atoms with Gasteiger partial charge in [0.05, 0.1) is 27.2 Å². The number of Topliss-reactive ketones (excluding diaryl/α,β-unsaturated/α-hetero) is 2. The van der Waals surface area contributed by atoms with Gasteiger partial charge in [-0.05, 0) is 150 Å². The van der Waals surface area contributed by atoms with E-state index in [1.54, 1.807) is 0 Å². The maximum absolute atomic E-state index is 13.2. The van der Waals surface area contributed by atoms with Gasteiger partial charge < -0.3 is 45.5 Å². The van der Waals surface area contributed by atoms with Crippen LogP contribution in [-0.4, -0.2) is 168 Å². The highest BCUT2D eigenvalue weighted by atomic mass is 32.2. The van der Waals surface area contributed by atoms with Crippen LogP contribution in [0, 0.1) is 5.92 Å². The van der Waals surface area contributed by atoms with Gasteiger partial charge >= 0.3 is 51.3 Å². The Hall–Kier alpha value is -9.18. The highest BCUT2D eigenvalue weighted by Crippen LogP contribution is 2.48. The number of nitrogens with one attached hydrogen (secondary N) is 3. The van der Waals surface area contributed by atoms with Gasteiger partial charge in [-0.15, -0.1) is 25.3 Å². The number of carbonyl (C=O) groups excluding carboxylic acids is 6. The minimum absolute atomic E-state index is 0.00611. The molecule has 606 valence electrons. The van der Waals surface area contributed by atoms with Gasteiger partial charge in [-0.2, -0.15) is 22.6 Å². The van der Waals surface area contributed by atoms with Crippen molar-refractivity contribution >= 4 is 106 Å². The van der Waals surface area contributed by atoms with Gasteiger partial charge in [0.1, 0.15) is 35.7 Å². The number of fused-ring (bicyclic) bond motifs is 2. The van der Waals surface area contributed by atoms with Crippen molar-refractivity contribution in [2.24, 2.45) is 5.92 Å². The lowest BCUT2D eigenvalue weighted by Crippen LogP contribution is -2.46. The summed E-state index contributed by atoms with van der Waals surface area (Å²) in [5.41, 5.74) is 8.07.